The van der Waals surface area contributed by atoms with E-state index in [1.165, 1.54) is 30.2 Å². The highest BCUT2D eigenvalue weighted by molar-refractivity contribution is 6.12. The summed E-state index contributed by atoms with van der Waals surface area (Å²) in [6.45, 7) is 0. The van der Waals surface area contributed by atoms with Crippen molar-refractivity contribution < 1.29 is 14.1 Å². The second kappa shape index (κ2) is 5.41. The maximum absolute atomic E-state index is 11.9. The van der Waals surface area contributed by atoms with Crippen molar-refractivity contribution >= 4 is 23.6 Å². The summed E-state index contributed by atoms with van der Waals surface area (Å²) in [6.07, 6.45) is 1.49. The van der Waals surface area contributed by atoms with Gasteiger partial charge in [-0.1, -0.05) is 0 Å². The Bertz CT molecular complexity index is 849. The summed E-state index contributed by atoms with van der Waals surface area (Å²) in [5, 5.41) is 10.6. The number of amides is 1. The summed E-state index contributed by atoms with van der Waals surface area (Å²) in [5.74, 6) is 0.787. The normalized spacial score (nSPS) is 16.0. The van der Waals surface area contributed by atoms with Gasteiger partial charge >= 0.3 is 0 Å². The Morgan fingerprint density at radius 1 is 1.26 bits per heavy atom. The SMILES string of the molecule is CN1C(=O)/C(=C\c2ccc(-c3ccc([N+](=O)[O-])cc3)o2)N=C1N. The summed E-state index contributed by atoms with van der Waals surface area (Å²) in [4.78, 5) is 27.2. The number of aliphatic imine (C=N–C) groups is 1. The number of benzene rings is 1. The molecule has 1 aliphatic heterocycles. The summed E-state index contributed by atoms with van der Waals surface area (Å²) in [6, 6.07) is 9.38. The van der Waals surface area contributed by atoms with Gasteiger partial charge in [-0.15, -0.1) is 0 Å². The van der Waals surface area contributed by atoms with E-state index in [9.17, 15) is 14.9 Å². The van der Waals surface area contributed by atoms with Crippen LogP contribution in [0.5, 0.6) is 0 Å². The van der Waals surface area contributed by atoms with Gasteiger partial charge in [0.1, 0.15) is 17.2 Å². The van der Waals surface area contributed by atoms with Crippen LogP contribution >= 0.6 is 0 Å². The highest BCUT2D eigenvalue weighted by Gasteiger charge is 2.25. The lowest BCUT2D eigenvalue weighted by atomic mass is 10.1. The predicted molar refractivity (Wildman–Crippen MR) is 83.2 cm³/mol. The molecule has 0 saturated carbocycles. The van der Waals surface area contributed by atoms with Gasteiger partial charge < -0.3 is 10.2 Å². The molecule has 8 nitrogen and oxygen atoms in total. The average molecular weight is 312 g/mol. The zero-order valence-corrected chi connectivity index (χ0v) is 12.1. The molecule has 0 radical (unpaired) electrons. The second-order valence-corrected chi connectivity index (χ2v) is 4.87. The molecule has 0 aliphatic carbocycles. The van der Waals surface area contributed by atoms with Crippen LogP contribution < -0.4 is 5.73 Å². The maximum atomic E-state index is 11.9. The van der Waals surface area contributed by atoms with Gasteiger partial charge in [0.05, 0.1) is 4.92 Å². The van der Waals surface area contributed by atoms with Crippen molar-refractivity contribution in [3.05, 3.63) is 58.0 Å². The third kappa shape index (κ3) is 2.69. The molecule has 8 heteroatoms. The molecule has 0 spiro atoms. The van der Waals surface area contributed by atoms with Crippen LogP contribution in [0, 0.1) is 10.1 Å². The fourth-order valence-corrected chi connectivity index (χ4v) is 2.08. The van der Waals surface area contributed by atoms with Crippen molar-refractivity contribution in [2.75, 3.05) is 7.05 Å². The van der Waals surface area contributed by atoms with Crippen LogP contribution in [0.25, 0.3) is 17.4 Å². The highest BCUT2D eigenvalue weighted by Crippen LogP contribution is 2.26. The minimum atomic E-state index is -0.466. The molecule has 1 aromatic heterocycles. The molecule has 0 saturated heterocycles. The van der Waals surface area contributed by atoms with Crippen LogP contribution in [0.2, 0.25) is 0 Å². The number of nitro benzene ring substituents is 1. The highest BCUT2D eigenvalue weighted by atomic mass is 16.6. The number of nitro groups is 1. The first kappa shape index (κ1) is 14.5. The fraction of sp³-hybridized carbons (Fsp3) is 0.0667. The molecular formula is C15H12N4O4. The van der Waals surface area contributed by atoms with Crippen molar-refractivity contribution in [1.29, 1.82) is 0 Å². The van der Waals surface area contributed by atoms with Crippen LogP contribution in [-0.4, -0.2) is 28.7 Å². The monoisotopic (exact) mass is 312 g/mol. The van der Waals surface area contributed by atoms with Gasteiger partial charge in [0.25, 0.3) is 11.6 Å². The number of carbonyl (C=O) groups is 1. The van der Waals surface area contributed by atoms with Crippen LogP contribution in [0.4, 0.5) is 5.69 Å². The third-order valence-corrected chi connectivity index (χ3v) is 3.37. The van der Waals surface area contributed by atoms with E-state index in [0.717, 1.165) is 0 Å². The number of rotatable bonds is 3. The van der Waals surface area contributed by atoms with E-state index in [4.69, 9.17) is 10.2 Å². The number of carbonyl (C=O) groups excluding carboxylic acids is 1. The molecule has 1 amide bonds. The van der Waals surface area contributed by atoms with Gasteiger partial charge in [-0.2, -0.15) is 0 Å². The Kier molecular flexibility index (Phi) is 3.41. The molecule has 0 atom stereocenters. The zero-order chi connectivity index (χ0) is 16.6. The first-order chi connectivity index (χ1) is 11.0. The van der Waals surface area contributed by atoms with Gasteiger partial charge in [0, 0.05) is 30.8 Å². The number of likely N-dealkylation sites (N-methyl/N-ethyl adjacent to an activating group) is 1. The second-order valence-electron chi connectivity index (χ2n) is 4.87. The molecule has 0 unspecified atom stereocenters. The van der Waals surface area contributed by atoms with E-state index in [-0.39, 0.29) is 23.3 Å². The van der Waals surface area contributed by atoms with E-state index in [2.05, 4.69) is 4.99 Å². The number of non-ortho nitro benzene ring substituents is 1. The minimum Gasteiger partial charge on any atom is -0.457 e. The molecule has 2 heterocycles. The molecule has 116 valence electrons. The van der Waals surface area contributed by atoms with Gasteiger partial charge in [-0.25, -0.2) is 4.99 Å². The minimum absolute atomic E-state index is 0.00653. The Hall–Kier alpha value is -3.42. The molecule has 2 aromatic rings. The van der Waals surface area contributed by atoms with Crippen LogP contribution in [0.15, 0.2) is 51.5 Å². The maximum Gasteiger partial charge on any atom is 0.279 e. The molecule has 0 fully saturated rings. The summed E-state index contributed by atoms with van der Waals surface area (Å²) in [5.41, 5.74) is 6.46. The van der Waals surface area contributed by atoms with Crippen molar-refractivity contribution in [1.82, 2.24) is 4.90 Å². The zero-order valence-electron chi connectivity index (χ0n) is 12.1. The van der Waals surface area contributed by atoms with Crippen molar-refractivity contribution in [3.8, 4) is 11.3 Å². The van der Waals surface area contributed by atoms with E-state index < -0.39 is 4.92 Å². The Balaban J connectivity index is 1.86. The first-order valence-electron chi connectivity index (χ1n) is 6.64. The molecule has 23 heavy (non-hydrogen) atoms. The van der Waals surface area contributed by atoms with Gasteiger partial charge in [-0.05, 0) is 24.3 Å². The number of furan rings is 1. The van der Waals surface area contributed by atoms with Crippen LogP contribution in [0.1, 0.15) is 5.76 Å². The molecule has 1 aromatic carbocycles. The number of hydrogen-bond donors (Lipinski definition) is 1. The standard InChI is InChI=1S/C15H12N4O4/c1-18-14(20)12(17-15(18)16)8-11-6-7-13(23-11)9-2-4-10(5-3-9)19(21)22/h2-8H,1H3,(H2,16,17)/b12-8+. The van der Waals surface area contributed by atoms with E-state index in [1.807, 2.05) is 0 Å². The predicted octanol–water partition coefficient (Wildman–Crippen LogP) is 1.98. The van der Waals surface area contributed by atoms with Crippen molar-refractivity contribution in [3.63, 3.8) is 0 Å². The van der Waals surface area contributed by atoms with Gasteiger partial charge in [-0.3, -0.25) is 19.8 Å². The van der Waals surface area contributed by atoms with Crippen molar-refractivity contribution in [2.24, 2.45) is 10.7 Å². The molecule has 2 N–H and O–H groups in total. The number of hydrogen-bond acceptors (Lipinski definition) is 6. The third-order valence-electron chi connectivity index (χ3n) is 3.37. The summed E-state index contributed by atoms with van der Waals surface area (Å²) < 4.78 is 5.62. The number of guanidine groups is 1. The summed E-state index contributed by atoms with van der Waals surface area (Å²) in [7, 11) is 1.53. The quantitative estimate of drug-likeness (QED) is 0.528. The first-order valence-corrected chi connectivity index (χ1v) is 6.64. The largest absolute Gasteiger partial charge is 0.457 e. The van der Waals surface area contributed by atoms with E-state index in [1.54, 1.807) is 24.3 Å². The number of nitrogens with two attached hydrogens (primary N) is 1. The van der Waals surface area contributed by atoms with Crippen molar-refractivity contribution in [2.45, 2.75) is 0 Å². The smallest absolute Gasteiger partial charge is 0.279 e. The molecular weight excluding hydrogens is 300 g/mol. The average Bonchev–Trinajstić information content (AvgIpc) is 3.09. The lowest BCUT2D eigenvalue weighted by Gasteiger charge is -2.05. The Morgan fingerprint density at radius 2 is 1.96 bits per heavy atom. The lowest BCUT2D eigenvalue weighted by Crippen LogP contribution is -2.33. The fourth-order valence-electron chi connectivity index (χ4n) is 2.08. The van der Waals surface area contributed by atoms with E-state index in [0.29, 0.717) is 17.1 Å². The number of nitrogens with zero attached hydrogens (tertiary/aromatic N) is 3. The molecule has 0 bridgehead atoms. The lowest BCUT2D eigenvalue weighted by molar-refractivity contribution is -0.384. The van der Waals surface area contributed by atoms with E-state index >= 15 is 0 Å². The molecule has 3 rings (SSSR count). The Labute approximate surface area is 130 Å². The van der Waals surface area contributed by atoms with Gasteiger partial charge in [0.2, 0.25) is 5.96 Å². The van der Waals surface area contributed by atoms with Gasteiger partial charge in [0.15, 0.2) is 0 Å². The van der Waals surface area contributed by atoms with Crippen LogP contribution in [-0.2, 0) is 4.79 Å². The molecule has 1 aliphatic rings. The summed E-state index contributed by atoms with van der Waals surface area (Å²) >= 11 is 0. The Morgan fingerprint density at radius 3 is 2.52 bits per heavy atom. The topological polar surface area (TPSA) is 115 Å². The van der Waals surface area contributed by atoms with Crippen LogP contribution in [0.3, 0.4) is 0 Å².